The summed E-state index contributed by atoms with van der Waals surface area (Å²) in [5, 5.41) is 12.0. The summed E-state index contributed by atoms with van der Waals surface area (Å²) in [4.78, 5) is 1.05. The van der Waals surface area contributed by atoms with E-state index in [1.54, 1.807) is 11.3 Å². The van der Waals surface area contributed by atoms with E-state index in [0.29, 0.717) is 6.10 Å². The van der Waals surface area contributed by atoms with Crippen LogP contribution in [0, 0.1) is 0 Å². The van der Waals surface area contributed by atoms with Crippen molar-refractivity contribution in [3.8, 4) is 0 Å². The van der Waals surface area contributed by atoms with Gasteiger partial charge in [-0.05, 0) is 54.1 Å². The molecule has 1 N–H and O–H groups in total. The second kappa shape index (κ2) is 6.15. The molecule has 2 rings (SSSR count). The van der Waals surface area contributed by atoms with Gasteiger partial charge in [-0.25, -0.2) is 0 Å². The number of aliphatic hydroxyl groups excluding tert-OH is 1. The van der Waals surface area contributed by atoms with Crippen LogP contribution in [0.4, 0.5) is 0 Å². The lowest BCUT2D eigenvalue weighted by molar-refractivity contribution is 0.0948. The maximum Gasteiger partial charge on any atom is 0.0882 e. The van der Waals surface area contributed by atoms with Crippen molar-refractivity contribution in [3.63, 3.8) is 0 Å². The number of rotatable bonds is 5. The number of halogens is 1. The molecule has 2 heterocycles. The van der Waals surface area contributed by atoms with Crippen LogP contribution < -0.4 is 0 Å². The minimum Gasteiger partial charge on any atom is -0.388 e. The summed E-state index contributed by atoms with van der Waals surface area (Å²) in [6.07, 6.45) is 5.50. The normalized spacial score (nSPS) is 22.5. The van der Waals surface area contributed by atoms with Crippen LogP contribution in [0.25, 0.3) is 0 Å². The van der Waals surface area contributed by atoms with Gasteiger partial charge in [-0.15, -0.1) is 11.3 Å². The molecule has 0 amide bonds. The van der Waals surface area contributed by atoms with Crippen molar-refractivity contribution in [2.24, 2.45) is 0 Å². The summed E-state index contributed by atoms with van der Waals surface area (Å²) in [5.41, 5.74) is 0. The lowest BCUT2D eigenvalue weighted by Crippen LogP contribution is -2.05. The molecule has 0 saturated carbocycles. The van der Waals surface area contributed by atoms with Crippen LogP contribution in [0.2, 0.25) is 0 Å². The Morgan fingerprint density at radius 3 is 3.12 bits per heavy atom. The lowest BCUT2D eigenvalue weighted by atomic mass is 10.1. The topological polar surface area (TPSA) is 29.5 Å². The van der Waals surface area contributed by atoms with Crippen molar-refractivity contribution >= 4 is 27.3 Å². The average molecular weight is 305 g/mol. The van der Waals surface area contributed by atoms with E-state index in [4.69, 9.17) is 4.74 Å². The van der Waals surface area contributed by atoms with Crippen LogP contribution in [0.3, 0.4) is 0 Å². The fourth-order valence-electron chi connectivity index (χ4n) is 2.06. The second-order valence-corrected chi connectivity index (χ2v) is 6.11. The smallest absolute Gasteiger partial charge is 0.0882 e. The van der Waals surface area contributed by atoms with Crippen LogP contribution in [0.1, 0.15) is 43.1 Å². The predicted octanol–water partition coefficient (Wildman–Crippen LogP) is 3.89. The Morgan fingerprint density at radius 2 is 2.50 bits per heavy atom. The van der Waals surface area contributed by atoms with Gasteiger partial charge in [0.05, 0.1) is 12.2 Å². The maximum atomic E-state index is 9.96. The number of aliphatic hydroxyl groups is 1. The summed E-state index contributed by atoms with van der Waals surface area (Å²) in [6.45, 7) is 0.922. The Morgan fingerprint density at radius 1 is 1.62 bits per heavy atom. The third-order valence-electron chi connectivity index (χ3n) is 2.94. The summed E-state index contributed by atoms with van der Waals surface area (Å²) >= 11 is 5.01. The molecule has 90 valence electrons. The van der Waals surface area contributed by atoms with E-state index in [1.807, 2.05) is 11.4 Å². The van der Waals surface area contributed by atoms with Crippen LogP contribution in [-0.4, -0.2) is 17.8 Å². The number of thiophene rings is 1. The van der Waals surface area contributed by atoms with E-state index in [9.17, 15) is 5.11 Å². The molecule has 0 spiro atoms. The van der Waals surface area contributed by atoms with Crippen LogP contribution in [-0.2, 0) is 4.74 Å². The molecule has 4 heteroatoms. The van der Waals surface area contributed by atoms with Crippen molar-refractivity contribution in [1.82, 2.24) is 0 Å². The summed E-state index contributed by atoms with van der Waals surface area (Å²) in [6, 6.07) is 2.00. The van der Waals surface area contributed by atoms with Gasteiger partial charge in [0.2, 0.25) is 0 Å². The fourth-order valence-corrected chi connectivity index (χ4v) is 3.52. The van der Waals surface area contributed by atoms with Gasteiger partial charge >= 0.3 is 0 Å². The Bertz CT molecular complexity index is 321. The molecule has 2 nitrogen and oxygen atoms in total. The van der Waals surface area contributed by atoms with Gasteiger partial charge in [-0.3, -0.25) is 0 Å². The van der Waals surface area contributed by atoms with Crippen LogP contribution in [0.5, 0.6) is 0 Å². The molecule has 1 aliphatic heterocycles. The van der Waals surface area contributed by atoms with Crippen LogP contribution in [0.15, 0.2) is 15.9 Å². The Hall–Kier alpha value is 0.1000. The SMILES string of the molecule is OC(CCCC1CCCO1)c1cc(Br)cs1. The monoisotopic (exact) mass is 304 g/mol. The zero-order valence-electron chi connectivity index (χ0n) is 9.19. The first-order valence-corrected chi connectivity index (χ1v) is 7.46. The first kappa shape index (κ1) is 12.6. The van der Waals surface area contributed by atoms with E-state index in [-0.39, 0.29) is 6.10 Å². The Balaban J connectivity index is 1.69. The molecule has 0 radical (unpaired) electrons. The van der Waals surface area contributed by atoms with E-state index >= 15 is 0 Å². The molecule has 1 aromatic heterocycles. The summed E-state index contributed by atoms with van der Waals surface area (Å²) < 4.78 is 6.62. The molecule has 1 aliphatic rings. The molecule has 0 aromatic carbocycles. The third-order valence-corrected chi connectivity index (χ3v) is 4.74. The van der Waals surface area contributed by atoms with Crippen molar-refractivity contribution in [3.05, 3.63) is 20.8 Å². The molecule has 2 atom stereocenters. The maximum absolute atomic E-state index is 9.96. The highest BCUT2D eigenvalue weighted by Gasteiger charge is 2.16. The van der Waals surface area contributed by atoms with Gasteiger partial charge in [-0.2, -0.15) is 0 Å². The minimum absolute atomic E-state index is 0.308. The molecule has 2 unspecified atom stereocenters. The molecule has 1 saturated heterocycles. The molecular formula is C12H17BrO2S. The number of hydrogen-bond donors (Lipinski definition) is 1. The predicted molar refractivity (Wildman–Crippen MR) is 69.8 cm³/mol. The van der Waals surface area contributed by atoms with E-state index in [2.05, 4.69) is 15.9 Å². The quantitative estimate of drug-likeness (QED) is 0.894. The van der Waals surface area contributed by atoms with Crippen molar-refractivity contribution in [2.75, 3.05) is 6.61 Å². The average Bonchev–Trinajstić information content (AvgIpc) is 2.89. The first-order chi connectivity index (χ1) is 7.75. The standard InChI is InChI=1S/C12H17BrO2S/c13-9-7-12(16-8-9)11(14)5-1-3-10-4-2-6-15-10/h7-8,10-11,14H,1-6H2. The highest BCUT2D eigenvalue weighted by molar-refractivity contribution is 9.10. The van der Waals surface area contributed by atoms with Crippen molar-refractivity contribution in [1.29, 1.82) is 0 Å². The first-order valence-electron chi connectivity index (χ1n) is 5.79. The molecule has 16 heavy (non-hydrogen) atoms. The zero-order chi connectivity index (χ0) is 11.4. The summed E-state index contributed by atoms with van der Waals surface area (Å²) in [7, 11) is 0. The summed E-state index contributed by atoms with van der Waals surface area (Å²) in [5.74, 6) is 0. The Labute approximate surface area is 109 Å². The third kappa shape index (κ3) is 3.55. The van der Waals surface area contributed by atoms with Gasteiger partial charge in [0.15, 0.2) is 0 Å². The zero-order valence-corrected chi connectivity index (χ0v) is 11.6. The van der Waals surface area contributed by atoms with E-state index in [1.165, 1.54) is 12.8 Å². The lowest BCUT2D eigenvalue weighted by Gasteiger charge is -2.11. The molecule has 0 aliphatic carbocycles. The largest absolute Gasteiger partial charge is 0.388 e. The minimum atomic E-state index is -0.308. The van der Waals surface area contributed by atoms with Gasteiger partial charge in [0.1, 0.15) is 0 Å². The molecule has 1 fully saturated rings. The van der Waals surface area contributed by atoms with Gasteiger partial charge in [0, 0.05) is 21.3 Å². The van der Waals surface area contributed by atoms with Crippen LogP contribution >= 0.6 is 27.3 Å². The molecular weight excluding hydrogens is 288 g/mol. The van der Waals surface area contributed by atoms with Gasteiger partial charge in [0.25, 0.3) is 0 Å². The highest BCUT2D eigenvalue weighted by atomic mass is 79.9. The van der Waals surface area contributed by atoms with Crippen molar-refractivity contribution < 1.29 is 9.84 Å². The van der Waals surface area contributed by atoms with Gasteiger partial charge in [-0.1, -0.05) is 0 Å². The second-order valence-electron chi connectivity index (χ2n) is 4.25. The highest BCUT2D eigenvalue weighted by Crippen LogP contribution is 2.29. The van der Waals surface area contributed by atoms with Crippen molar-refractivity contribution in [2.45, 2.75) is 44.3 Å². The molecule has 0 bridgehead atoms. The number of ether oxygens (including phenoxy) is 1. The fraction of sp³-hybridized carbons (Fsp3) is 0.667. The van der Waals surface area contributed by atoms with E-state index < -0.39 is 0 Å². The van der Waals surface area contributed by atoms with E-state index in [0.717, 1.165) is 35.2 Å². The molecule has 1 aromatic rings. The Kier molecular flexibility index (Phi) is 4.82. The van der Waals surface area contributed by atoms with Gasteiger partial charge < -0.3 is 9.84 Å². The number of hydrogen-bond acceptors (Lipinski definition) is 3.